The SMILES string of the molecule is CN1Cc2cc3ccn(C)c(=O)c3cc2C1. The molecule has 1 aliphatic heterocycles. The molecule has 0 atom stereocenters. The number of hydrogen-bond donors (Lipinski definition) is 0. The first-order chi connectivity index (χ1) is 7.65. The summed E-state index contributed by atoms with van der Waals surface area (Å²) in [6, 6.07) is 6.21. The van der Waals surface area contributed by atoms with Crippen molar-refractivity contribution >= 4 is 10.8 Å². The summed E-state index contributed by atoms with van der Waals surface area (Å²) in [5.41, 5.74) is 2.73. The van der Waals surface area contributed by atoms with E-state index in [1.54, 1.807) is 11.6 Å². The number of pyridine rings is 1. The van der Waals surface area contributed by atoms with Crippen LogP contribution < -0.4 is 5.56 Å². The molecule has 0 fully saturated rings. The monoisotopic (exact) mass is 214 g/mol. The molecular formula is C13H14N2O. The fourth-order valence-corrected chi connectivity index (χ4v) is 2.41. The van der Waals surface area contributed by atoms with Crippen LogP contribution in [0.25, 0.3) is 10.8 Å². The van der Waals surface area contributed by atoms with Crippen molar-refractivity contribution in [3.63, 3.8) is 0 Å². The van der Waals surface area contributed by atoms with Crippen molar-refractivity contribution in [2.75, 3.05) is 7.05 Å². The van der Waals surface area contributed by atoms with Gasteiger partial charge in [-0.05, 0) is 41.8 Å². The second kappa shape index (κ2) is 3.19. The molecule has 0 unspecified atom stereocenters. The Balaban J connectivity index is 2.35. The van der Waals surface area contributed by atoms with Gasteiger partial charge in [0.15, 0.2) is 0 Å². The van der Waals surface area contributed by atoms with Crippen LogP contribution in [0.5, 0.6) is 0 Å². The molecular weight excluding hydrogens is 200 g/mol. The maximum absolute atomic E-state index is 12.0. The standard InChI is InChI=1S/C13H14N2O/c1-14-7-10-5-9-3-4-15(2)13(16)12(9)6-11(10)8-14/h3-6H,7-8H2,1-2H3. The lowest BCUT2D eigenvalue weighted by Gasteiger charge is -2.04. The molecule has 3 nitrogen and oxygen atoms in total. The van der Waals surface area contributed by atoms with E-state index in [-0.39, 0.29) is 5.56 Å². The molecule has 2 heterocycles. The van der Waals surface area contributed by atoms with Gasteiger partial charge in [-0.3, -0.25) is 9.69 Å². The molecule has 0 amide bonds. The molecule has 2 aromatic rings. The minimum Gasteiger partial charge on any atom is -0.318 e. The molecule has 0 saturated carbocycles. The number of rotatable bonds is 0. The zero-order chi connectivity index (χ0) is 11.3. The summed E-state index contributed by atoms with van der Waals surface area (Å²) < 4.78 is 1.63. The molecule has 16 heavy (non-hydrogen) atoms. The number of benzene rings is 1. The lowest BCUT2D eigenvalue weighted by molar-refractivity contribution is 0.353. The zero-order valence-electron chi connectivity index (χ0n) is 9.53. The fraction of sp³-hybridized carbons (Fsp3) is 0.308. The first kappa shape index (κ1) is 9.60. The molecule has 1 aromatic heterocycles. The summed E-state index contributed by atoms with van der Waals surface area (Å²) in [4.78, 5) is 14.2. The molecule has 82 valence electrons. The molecule has 3 rings (SSSR count). The molecule has 0 saturated heterocycles. The zero-order valence-corrected chi connectivity index (χ0v) is 9.53. The Labute approximate surface area is 93.9 Å². The van der Waals surface area contributed by atoms with E-state index in [1.165, 1.54) is 11.1 Å². The Morgan fingerprint density at radius 2 is 1.81 bits per heavy atom. The Morgan fingerprint density at radius 3 is 2.56 bits per heavy atom. The van der Waals surface area contributed by atoms with Crippen molar-refractivity contribution in [2.24, 2.45) is 7.05 Å². The van der Waals surface area contributed by atoms with Gasteiger partial charge in [0.2, 0.25) is 0 Å². The quantitative estimate of drug-likeness (QED) is 0.663. The second-order valence-corrected chi connectivity index (χ2v) is 4.61. The maximum Gasteiger partial charge on any atom is 0.258 e. The Bertz CT molecular complexity index is 628. The predicted octanol–water partition coefficient (Wildman–Crippen LogP) is 1.48. The van der Waals surface area contributed by atoms with Gasteiger partial charge in [0.1, 0.15) is 0 Å². The minimum atomic E-state index is 0.0925. The predicted molar refractivity (Wildman–Crippen MR) is 64.4 cm³/mol. The van der Waals surface area contributed by atoms with Gasteiger partial charge in [0, 0.05) is 31.7 Å². The van der Waals surface area contributed by atoms with E-state index < -0.39 is 0 Å². The largest absolute Gasteiger partial charge is 0.318 e. The minimum absolute atomic E-state index is 0.0925. The van der Waals surface area contributed by atoms with Crippen LogP contribution in [0.15, 0.2) is 29.2 Å². The summed E-state index contributed by atoms with van der Waals surface area (Å²) in [5.74, 6) is 0. The highest BCUT2D eigenvalue weighted by Crippen LogP contribution is 2.25. The lowest BCUT2D eigenvalue weighted by Crippen LogP contribution is -2.15. The van der Waals surface area contributed by atoms with Crippen molar-refractivity contribution in [2.45, 2.75) is 13.1 Å². The van der Waals surface area contributed by atoms with E-state index in [1.807, 2.05) is 12.3 Å². The van der Waals surface area contributed by atoms with E-state index in [2.05, 4.69) is 24.1 Å². The third-order valence-electron chi connectivity index (χ3n) is 3.28. The van der Waals surface area contributed by atoms with Crippen LogP contribution in [0.4, 0.5) is 0 Å². The smallest absolute Gasteiger partial charge is 0.258 e. The highest BCUT2D eigenvalue weighted by molar-refractivity contribution is 5.83. The highest BCUT2D eigenvalue weighted by Gasteiger charge is 2.16. The summed E-state index contributed by atoms with van der Waals surface area (Å²) in [7, 11) is 3.89. The third kappa shape index (κ3) is 1.28. The number of aryl methyl sites for hydroxylation is 1. The molecule has 1 aromatic carbocycles. The van der Waals surface area contributed by atoms with Gasteiger partial charge < -0.3 is 4.57 Å². The Kier molecular flexibility index (Phi) is 1.91. The molecule has 0 aliphatic carbocycles. The summed E-state index contributed by atoms with van der Waals surface area (Å²) >= 11 is 0. The van der Waals surface area contributed by atoms with Crippen molar-refractivity contribution in [3.05, 3.63) is 45.9 Å². The van der Waals surface area contributed by atoms with Crippen molar-refractivity contribution in [1.82, 2.24) is 9.47 Å². The summed E-state index contributed by atoms with van der Waals surface area (Å²) in [6.45, 7) is 1.93. The van der Waals surface area contributed by atoms with E-state index in [4.69, 9.17) is 0 Å². The lowest BCUT2D eigenvalue weighted by atomic mass is 10.0. The van der Waals surface area contributed by atoms with Crippen molar-refractivity contribution < 1.29 is 0 Å². The topological polar surface area (TPSA) is 25.2 Å². The average molecular weight is 214 g/mol. The van der Waals surface area contributed by atoms with Gasteiger partial charge in [-0.2, -0.15) is 0 Å². The van der Waals surface area contributed by atoms with Crippen LogP contribution >= 0.6 is 0 Å². The Hall–Kier alpha value is -1.61. The van der Waals surface area contributed by atoms with Gasteiger partial charge >= 0.3 is 0 Å². The van der Waals surface area contributed by atoms with Gasteiger partial charge in [-0.1, -0.05) is 0 Å². The van der Waals surface area contributed by atoms with Crippen LogP contribution in [0.2, 0.25) is 0 Å². The van der Waals surface area contributed by atoms with Crippen LogP contribution in [0.3, 0.4) is 0 Å². The second-order valence-electron chi connectivity index (χ2n) is 4.61. The van der Waals surface area contributed by atoms with Crippen molar-refractivity contribution in [3.8, 4) is 0 Å². The molecule has 0 radical (unpaired) electrons. The first-order valence-electron chi connectivity index (χ1n) is 5.45. The average Bonchev–Trinajstić information content (AvgIpc) is 2.61. The summed E-state index contributed by atoms with van der Waals surface area (Å²) in [6.07, 6.45) is 1.83. The molecule has 0 bridgehead atoms. The van der Waals surface area contributed by atoms with E-state index in [9.17, 15) is 4.79 Å². The normalized spacial score (nSPS) is 15.6. The van der Waals surface area contributed by atoms with E-state index in [0.29, 0.717) is 0 Å². The Morgan fingerprint density at radius 1 is 1.12 bits per heavy atom. The molecule has 0 spiro atoms. The van der Waals surface area contributed by atoms with Crippen LogP contribution in [0, 0.1) is 0 Å². The molecule has 0 N–H and O–H groups in total. The van der Waals surface area contributed by atoms with Gasteiger partial charge in [0.05, 0.1) is 0 Å². The van der Waals surface area contributed by atoms with Gasteiger partial charge in [-0.15, -0.1) is 0 Å². The van der Waals surface area contributed by atoms with Crippen molar-refractivity contribution in [1.29, 1.82) is 0 Å². The fourth-order valence-electron chi connectivity index (χ4n) is 2.41. The van der Waals surface area contributed by atoms with Crippen LogP contribution in [-0.2, 0) is 20.1 Å². The maximum atomic E-state index is 12.0. The number of aromatic nitrogens is 1. The molecule has 3 heteroatoms. The van der Waals surface area contributed by atoms with Crippen LogP contribution in [0.1, 0.15) is 11.1 Å². The van der Waals surface area contributed by atoms with Gasteiger partial charge in [-0.25, -0.2) is 0 Å². The summed E-state index contributed by atoms with van der Waals surface area (Å²) in [5, 5.41) is 1.89. The number of nitrogens with zero attached hydrogens (tertiary/aromatic N) is 2. The number of fused-ring (bicyclic) bond motifs is 2. The third-order valence-corrected chi connectivity index (χ3v) is 3.28. The van der Waals surface area contributed by atoms with Crippen LogP contribution in [-0.4, -0.2) is 16.5 Å². The van der Waals surface area contributed by atoms with Gasteiger partial charge in [0.25, 0.3) is 5.56 Å². The highest BCUT2D eigenvalue weighted by atomic mass is 16.1. The molecule has 1 aliphatic rings. The van der Waals surface area contributed by atoms with E-state index >= 15 is 0 Å². The van der Waals surface area contributed by atoms with E-state index in [0.717, 1.165) is 23.9 Å². The number of hydrogen-bond acceptors (Lipinski definition) is 2. The first-order valence-corrected chi connectivity index (χ1v) is 5.45.